The highest BCUT2D eigenvalue weighted by atomic mass is 16.4. The van der Waals surface area contributed by atoms with Crippen molar-refractivity contribution in [3.63, 3.8) is 0 Å². The molecule has 0 radical (unpaired) electrons. The van der Waals surface area contributed by atoms with Crippen molar-refractivity contribution in [1.29, 1.82) is 0 Å². The van der Waals surface area contributed by atoms with Gasteiger partial charge in [-0.05, 0) is 25.7 Å². The van der Waals surface area contributed by atoms with Crippen LogP contribution in [0.5, 0.6) is 0 Å². The number of aliphatic carboxylic acids is 1. The molecular weight excluding hydrogens is 320 g/mol. The molecule has 25 heavy (non-hydrogen) atoms. The van der Waals surface area contributed by atoms with E-state index in [0.29, 0.717) is 19.3 Å². The third-order valence-corrected chi connectivity index (χ3v) is 3.58. The molecule has 0 fully saturated rings. The SMILES string of the molecule is CCCCCC(O)C(O)/C=C/C=C/C=C\C=C\C(O)CCCC(=O)[O-]. The molecule has 0 aliphatic rings. The zero-order valence-electron chi connectivity index (χ0n) is 15.0. The molecule has 0 saturated heterocycles. The van der Waals surface area contributed by atoms with Gasteiger partial charge in [0, 0.05) is 5.97 Å². The maximum atomic E-state index is 10.2. The Morgan fingerprint density at radius 2 is 1.48 bits per heavy atom. The summed E-state index contributed by atoms with van der Waals surface area (Å²) in [6.07, 6.45) is 15.6. The third-order valence-electron chi connectivity index (χ3n) is 3.58. The molecule has 5 nitrogen and oxygen atoms in total. The number of aliphatic hydroxyl groups excluding tert-OH is 3. The smallest absolute Gasteiger partial charge is 0.0982 e. The maximum absolute atomic E-state index is 10.2. The lowest BCUT2D eigenvalue weighted by Gasteiger charge is -2.13. The summed E-state index contributed by atoms with van der Waals surface area (Å²) in [7, 11) is 0. The van der Waals surface area contributed by atoms with Gasteiger partial charge in [0.15, 0.2) is 0 Å². The van der Waals surface area contributed by atoms with Crippen molar-refractivity contribution >= 4 is 5.97 Å². The van der Waals surface area contributed by atoms with Crippen LogP contribution in [0.25, 0.3) is 0 Å². The van der Waals surface area contributed by atoms with E-state index in [2.05, 4.69) is 6.92 Å². The molecule has 0 heterocycles. The van der Waals surface area contributed by atoms with Crippen LogP contribution < -0.4 is 5.11 Å². The van der Waals surface area contributed by atoms with Crippen LogP contribution in [-0.4, -0.2) is 39.6 Å². The highest BCUT2D eigenvalue weighted by Crippen LogP contribution is 2.07. The number of aliphatic hydroxyl groups is 3. The number of carbonyl (C=O) groups excluding carboxylic acids is 1. The molecule has 142 valence electrons. The van der Waals surface area contributed by atoms with E-state index in [-0.39, 0.29) is 6.42 Å². The Hall–Kier alpha value is -1.69. The van der Waals surface area contributed by atoms with Crippen molar-refractivity contribution < 1.29 is 25.2 Å². The van der Waals surface area contributed by atoms with Crippen molar-refractivity contribution in [2.75, 3.05) is 0 Å². The minimum Gasteiger partial charge on any atom is -0.550 e. The molecule has 0 spiro atoms. The first kappa shape index (κ1) is 23.3. The predicted octanol–water partition coefficient (Wildman–Crippen LogP) is 1.79. The summed E-state index contributed by atoms with van der Waals surface area (Å²) in [5, 5.41) is 39.3. The fourth-order valence-electron chi connectivity index (χ4n) is 2.08. The lowest BCUT2D eigenvalue weighted by molar-refractivity contribution is -0.305. The summed E-state index contributed by atoms with van der Waals surface area (Å²) in [5.41, 5.74) is 0. The molecule has 0 aliphatic carbocycles. The number of hydrogen-bond acceptors (Lipinski definition) is 5. The first-order valence-corrected chi connectivity index (χ1v) is 8.89. The lowest BCUT2D eigenvalue weighted by Crippen LogP contribution is -2.23. The zero-order valence-corrected chi connectivity index (χ0v) is 15.0. The van der Waals surface area contributed by atoms with Gasteiger partial charge in [0.1, 0.15) is 0 Å². The molecular formula is C20H31O5-. The van der Waals surface area contributed by atoms with Gasteiger partial charge in [0.2, 0.25) is 0 Å². The van der Waals surface area contributed by atoms with Gasteiger partial charge >= 0.3 is 0 Å². The third kappa shape index (κ3) is 15.6. The summed E-state index contributed by atoms with van der Waals surface area (Å²) in [4.78, 5) is 10.2. The quantitative estimate of drug-likeness (QED) is 0.327. The summed E-state index contributed by atoms with van der Waals surface area (Å²) in [6.45, 7) is 2.09. The molecule has 0 aliphatic heterocycles. The molecule has 0 saturated carbocycles. The molecule has 0 bridgehead atoms. The van der Waals surface area contributed by atoms with Crippen LogP contribution in [0.2, 0.25) is 0 Å². The molecule has 3 unspecified atom stereocenters. The van der Waals surface area contributed by atoms with E-state index in [1.165, 1.54) is 0 Å². The van der Waals surface area contributed by atoms with Gasteiger partial charge in [0.25, 0.3) is 0 Å². The average molecular weight is 351 g/mol. The number of carbonyl (C=O) groups is 1. The number of rotatable bonds is 14. The van der Waals surface area contributed by atoms with Crippen LogP contribution in [0, 0.1) is 0 Å². The second-order valence-electron chi connectivity index (χ2n) is 5.92. The van der Waals surface area contributed by atoms with Crippen LogP contribution >= 0.6 is 0 Å². The van der Waals surface area contributed by atoms with E-state index in [1.807, 2.05) is 0 Å². The van der Waals surface area contributed by atoms with Crippen LogP contribution in [0.15, 0.2) is 48.6 Å². The summed E-state index contributed by atoms with van der Waals surface area (Å²) < 4.78 is 0. The summed E-state index contributed by atoms with van der Waals surface area (Å²) in [5.74, 6) is -1.10. The summed E-state index contributed by atoms with van der Waals surface area (Å²) >= 11 is 0. The minimum atomic E-state index is -1.10. The highest BCUT2D eigenvalue weighted by molar-refractivity contribution is 5.64. The van der Waals surface area contributed by atoms with Crippen LogP contribution in [0.1, 0.15) is 51.9 Å². The van der Waals surface area contributed by atoms with E-state index in [0.717, 1.165) is 19.3 Å². The number of carboxylic acid groups (broad SMARTS) is 1. The van der Waals surface area contributed by atoms with Crippen LogP contribution in [0.4, 0.5) is 0 Å². The van der Waals surface area contributed by atoms with Crippen molar-refractivity contribution in [3.05, 3.63) is 48.6 Å². The maximum Gasteiger partial charge on any atom is 0.0982 e. The monoisotopic (exact) mass is 351 g/mol. The van der Waals surface area contributed by atoms with Gasteiger partial charge in [-0.1, -0.05) is 74.8 Å². The Bertz CT molecular complexity index is 451. The average Bonchev–Trinajstić information content (AvgIpc) is 2.56. The van der Waals surface area contributed by atoms with Crippen molar-refractivity contribution in [2.24, 2.45) is 0 Å². The molecule has 0 aromatic heterocycles. The first-order chi connectivity index (χ1) is 12.0. The number of carboxylic acids is 1. The Morgan fingerprint density at radius 3 is 2.08 bits per heavy atom. The standard InChI is InChI=1S/C20H32O5/c1-2-3-8-14-18(22)19(23)15-10-7-5-4-6-9-12-17(21)13-11-16-20(24)25/h4-7,9-10,12,15,17-19,21-23H,2-3,8,11,13-14,16H2,1H3,(H,24,25)/p-1/b6-4-,7-5+,12-9+,15-10+. The Morgan fingerprint density at radius 1 is 0.880 bits per heavy atom. The molecule has 3 N–H and O–H groups in total. The zero-order chi connectivity index (χ0) is 18.9. The summed E-state index contributed by atoms with van der Waals surface area (Å²) in [6, 6.07) is 0. The fraction of sp³-hybridized carbons (Fsp3) is 0.550. The number of unbranched alkanes of at least 4 members (excludes halogenated alkanes) is 2. The highest BCUT2D eigenvalue weighted by Gasteiger charge is 2.11. The van der Waals surface area contributed by atoms with Crippen molar-refractivity contribution in [1.82, 2.24) is 0 Å². The lowest BCUT2D eigenvalue weighted by atomic mass is 10.1. The van der Waals surface area contributed by atoms with Crippen molar-refractivity contribution in [3.8, 4) is 0 Å². The molecule has 0 rings (SSSR count). The van der Waals surface area contributed by atoms with Gasteiger partial charge in [-0.25, -0.2) is 0 Å². The van der Waals surface area contributed by atoms with E-state index in [9.17, 15) is 25.2 Å². The van der Waals surface area contributed by atoms with Gasteiger partial charge in [-0.2, -0.15) is 0 Å². The second kappa shape index (κ2) is 15.8. The second-order valence-corrected chi connectivity index (χ2v) is 5.92. The molecule has 5 heteroatoms. The van der Waals surface area contributed by atoms with E-state index in [4.69, 9.17) is 0 Å². The van der Waals surface area contributed by atoms with Crippen molar-refractivity contribution in [2.45, 2.75) is 70.2 Å². The molecule has 3 atom stereocenters. The van der Waals surface area contributed by atoms with Gasteiger partial charge in [0.05, 0.1) is 18.3 Å². The molecule has 0 aromatic rings. The largest absolute Gasteiger partial charge is 0.550 e. The van der Waals surface area contributed by atoms with Crippen LogP contribution in [-0.2, 0) is 4.79 Å². The number of allylic oxidation sites excluding steroid dienone is 6. The van der Waals surface area contributed by atoms with Gasteiger partial charge in [-0.3, -0.25) is 0 Å². The normalized spacial score (nSPS) is 16.3. The first-order valence-electron chi connectivity index (χ1n) is 8.89. The van der Waals surface area contributed by atoms with Gasteiger partial charge < -0.3 is 25.2 Å². The van der Waals surface area contributed by atoms with E-state index >= 15 is 0 Å². The fourth-order valence-corrected chi connectivity index (χ4v) is 2.08. The number of hydrogen-bond donors (Lipinski definition) is 3. The Labute approximate surface area is 150 Å². The van der Waals surface area contributed by atoms with E-state index in [1.54, 1.807) is 48.6 Å². The Kier molecular flexibility index (Phi) is 14.7. The minimum absolute atomic E-state index is 0.0467. The Balaban J connectivity index is 3.96. The van der Waals surface area contributed by atoms with Crippen LogP contribution in [0.3, 0.4) is 0 Å². The predicted molar refractivity (Wildman–Crippen MR) is 97.6 cm³/mol. The van der Waals surface area contributed by atoms with Gasteiger partial charge in [-0.15, -0.1) is 0 Å². The molecule has 0 aromatic carbocycles. The molecule has 0 amide bonds. The van der Waals surface area contributed by atoms with E-state index < -0.39 is 24.3 Å². The topological polar surface area (TPSA) is 101 Å².